The molecule has 0 fully saturated rings. The van der Waals surface area contributed by atoms with Crippen LogP contribution < -0.4 is 4.74 Å². The minimum Gasteiger partial charge on any atom is -0.497 e. The van der Waals surface area contributed by atoms with E-state index in [1.807, 2.05) is 30.3 Å². The van der Waals surface area contributed by atoms with Gasteiger partial charge >= 0.3 is 5.97 Å². The minimum atomic E-state index is -0.966. The van der Waals surface area contributed by atoms with E-state index in [4.69, 9.17) is 9.15 Å². The molecule has 0 bridgehead atoms. The van der Waals surface area contributed by atoms with E-state index in [-0.39, 0.29) is 5.56 Å². The lowest BCUT2D eigenvalue weighted by Crippen LogP contribution is -2.01. The lowest BCUT2D eigenvalue weighted by molar-refractivity contribution is 0.0696. The number of ether oxygens (including phenoxy) is 1. The Kier molecular flexibility index (Phi) is 4.39. The van der Waals surface area contributed by atoms with Crippen molar-refractivity contribution >= 4 is 32.9 Å². The van der Waals surface area contributed by atoms with Crippen molar-refractivity contribution in [3.8, 4) is 5.75 Å². The largest absolute Gasteiger partial charge is 0.497 e. The van der Waals surface area contributed by atoms with Crippen LogP contribution in [0.25, 0.3) is 11.0 Å². The van der Waals surface area contributed by atoms with E-state index in [2.05, 4.69) is 15.9 Å². The Hall–Kier alpha value is -2.27. The molecular formula is C18H15BrO4. The lowest BCUT2D eigenvalue weighted by atomic mass is 10.0. The maximum atomic E-state index is 11.6. The Morgan fingerprint density at radius 1 is 1.17 bits per heavy atom. The first-order chi connectivity index (χ1) is 11.1. The molecule has 0 aliphatic heterocycles. The van der Waals surface area contributed by atoms with E-state index in [1.165, 1.54) is 0 Å². The van der Waals surface area contributed by atoms with E-state index in [1.54, 1.807) is 19.2 Å². The van der Waals surface area contributed by atoms with Crippen molar-refractivity contribution in [2.75, 3.05) is 7.11 Å². The van der Waals surface area contributed by atoms with Crippen LogP contribution in [0, 0.1) is 0 Å². The Labute approximate surface area is 141 Å². The number of aryl methyl sites for hydroxylation is 2. The number of halogens is 1. The number of methoxy groups -OCH3 is 1. The van der Waals surface area contributed by atoms with Crippen molar-refractivity contribution in [1.82, 2.24) is 0 Å². The summed E-state index contributed by atoms with van der Waals surface area (Å²) in [6, 6.07) is 13.1. The average Bonchev–Trinajstić information content (AvgIpc) is 2.91. The predicted molar refractivity (Wildman–Crippen MR) is 91.3 cm³/mol. The molecule has 5 heteroatoms. The van der Waals surface area contributed by atoms with Gasteiger partial charge in [-0.1, -0.05) is 28.1 Å². The van der Waals surface area contributed by atoms with Crippen molar-refractivity contribution in [3.63, 3.8) is 0 Å². The number of aromatic carboxylic acids is 1. The third-order valence-electron chi connectivity index (χ3n) is 3.74. The van der Waals surface area contributed by atoms with Crippen molar-refractivity contribution in [3.05, 3.63) is 63.8 Å². The molecule has 1 aromatic heterocycles. The second kappa shape index (κ2) is 6.46. The fourth-order valence-electron chi connectivity index (χ4n) is 2.58. The van der Waals surface area contributed by atoms with Gasteiger partial charge in [0, 0.05) is 16.3 Å². The maximum absolute atomic E-state index is 11.6. The molecule has 0 aliphatic rings. The van der Waals surface area contributed by atoms with Gasteiger partial charge in [-0.3, -0.25) is 0 Å². The summed E-state index contributed by atoms with van der Waals surface area (Å²) in [5, 5.41) is 10.1. The molecule has 118 valence electrons. The zero-order valence-corrected chi connectivity index (χ0v) is 14.1. The van der Waals surface area contributed by atoms with Gasteiger partial charge in [0.05, 0.1) is 7.11 Å². The number of benzene rings is 2. The average molecular weight is 375 g/mol. The molecule has 3 aromatic rings. The standard InChI is InChI=1S/C18H15BrO4/c1-22-13-6-2-11(3-7-13)4-8-16-17(18(20)21)14-10-12(19)5-9-15(14)23-16/h2-3,5-7,9-10H,4,8H2,1H3,(H,20,21). The SMILES string of the molecule is COc1ccc(CCc2oc3ccc(Br)cc3c2C(=O)O)cc1. The van der Waals surface area contributed by atoms with Crippen molar-refractivity contribution in [2.24, 2.45) is 0 Å². The molecule has 4 nitrogen and oxygen atoms in total. The molecule has 23 heavy (non-hydrogen) atoms. The molecule has 1 N–H and O–H groups in total. The number of furan rings is 1. The third-order valence-corrected chi connectivity index (χ3v) is 4.23. The molecule has 2 aromatic carbocycles. The first-order valence-corrected chi connectivity index (χ1v) is 7.95. The second-order valence-corrected chi connectivity index (χ2v) is 6.11. The number of carbonyl (C=O) groups is 1. The van der Waals surface area contributed by atoms with Crippen LogP contribution in [-0.2, 0) is 12.8 Å². The Balaban J connectivity index is 1.89. The fraction of sp³-hybridized carbons (Fsp3) is 0.167. The highest BCUT2D eigenvalue weighted by Gasteiger charge is 2.20. The second-order valence-electron chi connectivity index (χ2n) is 5.19. The number of rotatable bonds is 5. The molecular weight excluding hydrogens is 360 g/mol. The zero-order valence-electron chi connectivity index (χ0n) is 12.5. The van der Waals surface area contributed by atoms with Crippen molar-refractivity contribution in [1.29, 1.82) is 0 Å². The van der Waals surface area contributed by atoms with Crippen molar-refractivity contribution in [2.45, 2.75) is 12.8 Å². The van der Waals surface area contributed by atoms with Crippen LogP contribution >= 0.6 is 15.9 Å². The van der Waals surface area contributed by atoms with Crippen LogP contribution in [0.1, 0.15) is 21.7 Å². The maximum Gasteiger partial charge on any atom is 0.339 e. The van der Waals surface area contributed by atoms with Crippen LogP contribution in [0.5, 0.6) is 5.75 Å². The Morgan fingerprint density at radius 3 is 2.57 bits per heavy atom. The lowest BCUT2D eigenvalue weighted by Gasteiger charge is -2.03. The van der Waals surface area contributed by atoms with Gasteiger partial charge in [0.1, 0.15) is 22.7 Å². The van der Waals surface area contributed by atoms with Gasteiger partial charge in [-0.2, -0.15) is 0 Å². The zero-order chi connectivity index (χ0) is 16.4. The van der Waals surface area contributed by atoms with Gasteiger partial charge in [-0.15, -0.1) is 0 Å². The molecule has 0 unspecified atom stereocenters. The quantitative estimate of drug-likeness (QED) is 0.703. The topological polar surface area (TPSA) is 59.7 Å². The summed E-state index contributed by atoms with van der Waals surface area (Å²) in [6.45, 7) is 0. The fourth-order valence-corrected chi connectivity index (χ4v) is 2.94. The summed E-state index contributed by atoms with van der Waals surface area (Å²) in [6.07, 6.45) is 1.23. The van der Waals surface area contributed by atoms with Crippen LogP contribution in [0.15, 0.2) is 51.4 Å². The number of carboxylic acid groups (broad SMARTS) is 1. The summed E-state index contributed by atoms with van der Waals surface area (Å²) in [5.74, 6) is 0.335. The van der Waals surface area contributed by atoms with E-state index >= 15 is 0 Å². The van der Waals surface area contributed by atoms with E-state index in [0.29, 0.717) is 29.6 Å². The summed E-state index contributed by atoms with van der Waals surface area (Å²) in [7, 11) is 1.63. The van der Waals surface area contributed by atoms with E-state index in [0.717, 1.165) is 15.8 Å². The normalized spacial score (nSPS) is 10.9. The summed E-state index contributed by atoms with van der Waals surface area (Å²) < 4.78 is 11.7. The first kappa shape index (κ1) is 15.6. The molecule has 0 saturated heterocycles. The van der Waals surface area contributed by atoms with Crippen LogP contribution in [0.4, 0.5) is 0 Å². The van der Waals surface area contributed by atoms with Gasteiger partial charge in [0.15, 0.2) is 0 Å². The molecule has 0 spiro atoms. The van der Waals surface area contributed by atoms with Crippen LogP contribution in [0.3, 0.4) is 0 Å². The smallest absolute Gasteiger partial charge is 0.339 e. The van der Waals surface area contributed by atoms with Crippen LogP contribution in [-0.4, -0.2) is 18.2 Å². The number of carboxylic acids is 1. The minimum absolute atomic E-state index is 0.245. The van der Waals surface area contributed by atoms with E-state index in [9.17, 15) is 9.90 Å². The van der Waals surface area contributed by atoms with E-state index < -0.39 is 5.97 Å². The highest BCUT2D eigenvalue weighted by Crippen LogP contribution is 2.29. The molecule has 0 amide bonds. The summed E-state index contributed by atoms with van der Waals surface area (Å²) in [4.78, 5) is 11.6. The molecule has 0 saturated carbocycles. The third kappa shape index (κ3) is 3.24. The first-order valence-electron chi connectivity index (χ1n) is 7.15. The molecule has 3 rings (SSSR count). The molecule has 1 heterocycles. The Bertz CT molecular complexity index is 849. The number of fused-ring (bicyclic) bond motifs is 1. The molecule has 0 radical (unpaired) electrons. The number of hydrogen-bond donors (Lipinski definition) is 1. The van der Waals surface area contributed by atoms with Gasteiger partial charge in [-0.25, -0.2) is 4.79 Å². The van der Waals surface area contributed by atoms with Gasteiger partial charge in [0.2, 0.25) is 0 Å². The van der Waals surface area contributed by atoms with Crippen LogP contribution in [0.2, 0.25) is 0 Å². The Morgan fingerprint density at radius 2 is 1.91 bits per heavy atom. The number of hydrogen-bond acceptors (Lipinski definition) is 3. The van der Waals surface area contributed by atoms with Gasteiger partial charge < -0.3 is 14.3 Å². The summed E-state index contributed by atoms with van der Waals surface area (Å²) >= 11 is 3.37. The molecule has 0 aliphatic carbocycles. The van der Waals surface area contributed by atoms with Gasteiger partial charge in [-0.05, 0) is 42.3 Å². The molecule has 0 atom stereocenters. The van der Waals surface area contributed by atoms with Crippen molar-refractivity contribution < 1.29 is 19.1 Å². The highest BCUT2D eigenvalue weighted by atomic mass is 79.9. The summed E-state index contributed by atoms with van der Waals surface area (Å²) in [5.41, 5.74) is 1.94. The monoisotopic (exact) mass is 374 g/mol. The predicted octanol–water partition coefficient (Wildman–Crippen LogP) is 4.69. The highest BCUT2D eigenvalue weighted by molar-refractivity contribution is 9.10. The van der Waals surface area contributed by atoms with Gasteiger partial charge in [0.25, 0.3) is 0 Å².